The van der Waals surface area contributed by atoms with Crippen molar-refractivity contribution in [1.29, 1.82) is 0 Å². The number of aromatic carboxylic acids is 1. The Morgan fingerprint density at radius 1 is 0.880 bits per heavy atom. The Labute approximate surface area is 146 Å². The molecule has 2 aromatic rings. The number of hydrogen-bond donors (Lipinski definition) is 1. The molecule has 0 amide bonds. The normalized spacial score (nSPS) is 10.5. The van der Waals surface area contributed by atoms with Crippen molar-refractivity contribution < 1.29 is 28.8 Å². The summed E-state index contributed by atoms with van der Waals surface area (Å²) < 4.78 is 21.6. The second-order valence-electron chi connectivity index (χ2n) is 5.60. The lowest BCUT2D eigenvalue weighted by Gasteiger charge is -2.16. The molecule has 0 aliphatic rings. The molecule has 0 aromatic heterocycles. The molecular weight excluding hydrogens is 324 g/mol. The smallest absolute Gasteiger partial charge is 0.339 e. The molecule has 1 N–H and O–H groups in total. The Morgan fingerprint density at radius 2 is 1.48 bits per heavy atom. The number of rotatable bonds is 7. The van der Waals surface area contributed by atoms with Crippen LogP contribution < -0.4 is 18.9 Å². The van der Waals surface area contributed by atoms with Crippen LogP contribution in [0, 0.1) is 0 Å². The van der Waals surface area contributed by atoms with Gasteiger partial charge in [0.25, 0.3) is 0 Å². The third-order valence-corrected chi connectivity index (χ3v) is 3.57. The van der Waals surface area contributed by atoms with Crippen molar-refractivity contribution >= 4 is 5.97 Å². The number of methoxy groups -OCH3 is 3. The molecule has 0 aliphatic heterocycles. The van der Waals surface area contributed by atoms with Crippen LogP contribution in [0.5, 0.6) is 23.0 Å². The van der Waals surface area contributed by atoms with Crippen LogP contribution in [0.1, 0.15) is 24.2 Å². The molecule has 0 radical (unpaired) electrons. The van der Waals surface area contributed by atoms with Crippen molar-refractivity contribution in [3.63, 3.8) is 0 Å². The minimum atomic E-state index is -1.05. The van der Waals surface area contributed by atoms with E-state index in [0.717, 1.165) is 5.56 Å². The summed E-state index contributed by atoms with van der Waals surface area (Å²) in [6, 6.07) is 8.56. The largest absolute Gasteiger partial charge is 0.493 e. The fourth-order valence-electron chi connectivity index (χ4n) is 2.48. The minimum Gasteiger partial charge on any atom is -0.493 e. The maximum Gasteiger partial charge on any atom is 0.339 e. The van der Waals surface area contributed by atoms with Gasteiger partial charge in [-0.1, -0.05) is 6.07 Å². The minimum absolute atomic E-state index is 0.0972. The van der Waals surface area contributed by atoms with Gasteiger partial charge in [0.15, 0.2) is 11.5 Å². The maximum atomic E-state index is 11.6. The van der Waals surface area contributed by atoms with Crippen LogP contribution in [-0.2, 0) is 0 Å². The molecule has 6 heteroatoms. The van der Waals surface area contributed by atoms with E-state index in [1.807, 2.05) is 13.8 Å². The highest BCUT2D eigenvalue weighted by atomic mass is 16.5. The zero-order valence-corrected chi connectivity index (χ0v) is 15.0. The first-order valence-corrected chi connectivity index (χ1v) is 7.75. The first-order chi connectivity index (χ1) is 11.9. The van der Waals surface area contributed by atoms with Crippen molar-refractivity contribution in [2.45, 2.75) is 20.0 Å². The van der Waals surface area contributed by atoms with Crippen molar-refractivity contribution in [2.75, 3.05) is 21.3 Å². The molecule has 0 aliphatic carbocycles. The molecule has 25 heavy (non-hydrogen) atoms. The van der Waals surface area contributed by atoms with Crippen LogP contribution in [0.15, 0.2) is 30.3 Å². The van der Waals surface area contributed by atoms with E-state index in [0.29, 0.717) is 28.6 Å². The van der Waals surface area contributed by atoms with E-state index in [1.54, 1.807) is 30.3 Å². The lowest BCUT2D eigenvalue weighted by molar-refractivity contribution is 0.0690. The molecule has 2 rings (SSSR count). The Bertz CT molecular complexity index is 741. The van der Waals surface area contributed by atoms with Crippen LogP contribution in [0.4, 0.5) is 0 Å². The zero-order valence-electron chi connectivity index (χ0n) is 15.0. The molecule has 0 fully saturated rings. The summed E-state index contributed by atoms with van der Waals surface area (Å²) >= 11 is 0. The molecule has 0 heterocycles. The predicted molar refractivity (Wildman–Crippen MR) is 94.3 cm³/mol. The molecule has 0 saturated carbocycles. The van der Waals surface area contributed by atoms with Gasteiger partial charge in [-0.25, -0.2) is 4.79 Å². The van der Waals surface area contributed by atoms with Crippen LogP contribution >= 0.6 is 0 Å². The van der Waals surface area contributed by atoms with Gasteiger partial charge in [0.1, 0.15) is 11.3 Å². The van der Waals surface area contributed by atoms with E-state index >= 15 is 0 Å². The number of ether oxygens (including phenoxy) is 4. The molecule has 0 saturated heterocycles. The predicted octanol–water partition coefficient (Wildman–Crippen LogP) is 3.86. The second kappa shape index (κ2) is 7.79. The van der Waals surface area contributed by atoms with Gasteiger partial charge >= 0.3 is 5.97 Å². The summed E-state index contributed by atoms with van der Waals surface area (Å²) in [6.45, 7) is 3.69. The lowest BCUT2D eigenvalue weighted by Crippen LogP contribution is -2.10. The van der Waals surface area contributed by atoms with Crippen molar-refractivity contribution in [3.05, 3.63) is 35.9 Å². The van der Waals surface area contributed by atoms with E-state index in [1.165, 1.54) is 21.3 Å². The second-order valence-corrected chi connectivity index (χ2v) is 5.60. The fraction of sp³-hybridized carbons (Fsp3) is 0.316. The van der Waals surface area contributed by atoms with Crippen LogP contribution in [0.2, 0.25) is 0 Å². The van der Waals surface area contributed by atoms with E-state index in [9.17, 15) is 9.90 Å². The molecule has 134 valence electrons. The van der Waals surface area contributed by atoms with Crippen molar-refractivity contribution in [2.24, 2.45) is 0 Å². The summed E-state index contributed by atoms with van der Waals surface area (Å²) in [6.07, 6.45) is -0.120. The highest BCUT2D eigenvalue weighted by Crippen LogP contribution is 2.41. The van der Waals surface area contributed by atoms with E-state index in [-0.39, 0.29) is 11.7 Å². The van der Waals surface area contributed by atoms with Gasteiger partial charge in [-0.2, -0.15) is 0 Å². The van der Waals surface area contributed by atoms with Gasteiger partial charge in [-0.05, 0) is 49.2 Å². The SMILES string of the molecule is COc1cc(-c2ccc(OC(C)C)c(C(=O)O)c2)cc(OC)c1OC. The zero-order chi connectivity index (χ0) is 18.6. The van der Waals surface area contributed by atoms with Crippen molar-refractivity contribution in [3.8, 4) is 34.1 Å². The molecule has 0 unspecified atom stereocenters. The Kier molecular flexibility index (Phi) is 5.75. The van der Waals surface area contributed by atoms with Crippen LogP contribution in [0.3, 0.4) is 0 Å². The Hall–Kier alpha value is -2.89. The molecule has 6 nitrogen and oxygen atoms in total. The number of benzene rings is 2. The van der Waals surface area contributed by atoms with Gasteiger partial charge in [0.05, 0.1) is 27.4 Å². The van der Waals surface area contributed by atoms with Gasteiger partial charge < -0.3 is 24.1 Å². The summed E-state index contributed by atoms with van der Waals surface area (Å²) in [7, 11) is 4.59. The molecular formula is C19H22O6. The van der Waals surface area contributed by atoms with E-state index in [2.05, 4.69) is 0 Å². The maximum absolute atomic E-state index is 11.6. The summed E-state index contributed by atoms with van der Waals surface area (Å²) in [5.41, 5.74) is 1.54. The van der Waals surface area contributed by atoms with Gasteiger partial charge in [-0.3, -0.25) is 0 Å². The third-order valence-electron chi connectivity index (χ3n) is 3.57. The molecule has 0 bridgehead atoms. The van der Waals surface area contributed by atoms with Gasteiger partial charge in [-0.15, -0.1) is 0 Å². The fourth-order valence-corrected chi connectivity index (χ4v) is 2.48. The standard InChI is InChI=1S/C19H22O6/c1-11(2)25-15-7-6-12(8-14(15)19(20)21)13-9-16(22-3)18(24-5)17(10-13)23-4/h6-11H,1-5H3,(H,20,21). The summed E-state index contributed by atoms with van der Waals surface area (Å²) in [4.78, 5) is 11.6. The highest BCUT2D eigenvalue weighted by Gasteiger charge is 2.17. The van der Waals surface area contributed by atoms with Crippen molar-refractivity contribution in [1.82, 2.24) is 0 Å². The monoisotopic (exact) mass is 346 g/mol. The number of carbonyl (C=O) groups is 1. The Balaban J connectivity index is 2.58. The number of hydrogen-bond acceptors (Lipinski definition) is 5. The third kappa shape index (κ3) is 3.96. The van der Waals surface area contributed by atoms with E-state index in [4.69, 9.17) is 18.9 Å². The quantitative estimate of drug-likeness (QED) is 0.820. The molecule has 0 atom stereocenters. The molecule has 0 spiro atoms. The van der Waals surface area contributed by atoms with Gasteiger partial charge in [0, 0.05) is 0 Å². The highest BCUT2D eigenvalue weighted by molar-refractivity contribution is 5.93. The summed E-state index contributed by atoms with van der Waals surface area (Å²) in [5, 5.41) is 9.48. The average molecular weight is 346 g/mol. The number of carboxylic acids is 1. The lowest BCUT2D eigenvalue weighted by atomic mass is 10.0. The van der Waals surface area contributed by atoms with Crippen LogP contribution in [0.25, 0.3) is 11.1 Å². The Morgan fingerprint density at radius 3 is 1.92 bits per heavy atom. The van der Waals surface area contributed by atoms with E-state index < -0.39 is 5.97 Å². The van der Waals surface area contributed by atoms with Gasteiger partial charge in [0.2, 0.25) is 5.75 Å². The first-order valence-electron chi connectivity index (χ1n) is 7.75. The number of carboxylic acid groups (broad SMARTS) is 1. The molecule has 2 aromatic carbocycles. The van der Waals surface area contributed by atoms with Crippen LogP contribution in [-0.4, -0.2) is 38.5 Å². The first kappa shape index (κ1) is 18.4. The average Bonchev–Trinajstić information content (AvgIpc) is 2.59. The topological polar surface area (TPSA) is 74.2 Å². The summed E-state index contributed by atoms with van der Waals surface area (Å²) in [5.74, 6) is 0.753.